The summed E-state index contributed by atoms with van der Waals surface area (Å²) >= 11 is 1.71. The molecule has 0 bridgehead atoms. The van der Waals surface area contributed by atoms with E-state index in [0.717, 1.165) is 11.2 Å². The van der Waals surface area contributed by atoms with Crippen LogP contribution < -0.4 is 5.32 Å². The first-order valence-electron chi connectivity index (χ1n) is 5.42. The molecule has 3 nitrogen and oxygen atoms in total. The highest BCUT2D eigenvalue weighted by Gasteiger charge is 2.12. The zero-order chi connectivity index (χ0) is 11.5. The summed E-state index contributed by atoms with van der Waals surface area (Å²) in [5.74, 6) is 1.13. The maximum atomic E-state index is 9.10. The quantitative estimate of drug-likeness (QED) is 0.858. The van der Waals surface area contributed by atoms with Crippen molar-refractivity contribution in [1.29, 1.82) is 0 Å². The van der Waals surface area contributed by atoms with Gasteiger partial charge in [-0.3, -0.25) is 0 Å². The second-order valence-electron chi connectivity index (χ2n) is 4.08. The SMILES string of the molecule is CC(CO)C(C)Nc1nccc2sccc12. The Balaban J connectivity index is 2.23. The van der Waals surface area contributed by atoms with Crippen LogP contribution in [0.1, 0.15) is 13.8 Å². The smallest absolute Gasteiger partial charge is 0.134 e. The van der Waals surface area contributed by atoms with Gasteiger partial charge in [-0.2, -0.15) is 0 Å². The predicted molar refractivity (Wildman–Crippen MR) is 69.0 cm³/mol. The van der Waals surface area contributed by atoms with E-state index in [4.69, 9.17) is 5.11 Å². The molecular formula is C12H16N2OS. The first kappa shape index (κ1) is 11.4. The molecule has 2 atom stereocenters. The van der Waals surface area contributed by atoms with Crippen LogP contribution in [0.15, 0.2) is 23.7 Å². The largest absolute Gasteiger partial charge is 0.396 e. The molecule has 2 rings (SSSR count). The fraction of sp³-hybridized carbons (Fsp3) is 0.417. The van der Waals surface area contributed by atoms with Gasteiger partial charge in [-0.15, -0.1) is 11.3 Å². The molecule has 2 unspecified atom stereocenters. The van der Waals surface area contributed by atoms with Crippen molar-refractivity contribution in [3.63, 3.8) is 0 Å². The van der Waals surface area contributed by atoms with E-state index in [0.29, 0.717) is 0 Å². The Labute approximate surface area is 99.1 Å². The molecular weight excluding hydrogens is 220 g/mol. The molecule has 0 saturated heterocycles. The number of aliphatic hydroxyl groups excluding tert-OH is 1. The fourth-order valence-corrected chi connectivity index (χ4v) is 2.31. The van der Waals surface area contributed by atoms with Crippen LogP contribution >= 0.6 is 11.3 Å². The summed E-state index contributed by atoms with van der Waals surface area (Å²) in [7, 11) is 0. The second kappa shape index (κ2) is 4.80. The van der Waals surface area contributed by atoms with E-state index in [1.54, 1.807) is 11.3 Å². The Morgan fingerprint density at radius 1 is 1.44 bits per heavy atom. The highest BCUT2D eigenvalue weighted by molar-refractivity contribution is 7.17. The Hall–Kier alpha value is -1.13. The maximum absolute atomic E-state index is 9.10. The van der Waals surface area contributed by atoms with Crippen LogP contribution in [0.5, 0.6) is 0 Å². The minimum absolute atomic E-state index is 0.188. The lowest BCUT2D eigenvalue weighted by molar-refractivity contribution is 0.226. The van der Waals surface area contributed by atoms with E-state index >= 15 is 0 Å². The van der Waals surface area contributed by atoms with Gasteiger partial charge in [0.1, 0.15) is 5.82 Å². The molecule has 2 heterocycles. The number of nitrogens with one attached hydrogen (secondary N) is 1. The van der Waals surface area contributed by atoms with E-state index in [1.165, 1.54) is 4.70 Å². The van der Waals surface area contributed by atoms with Gasteiger partial charge in [0, 0.05) is 28.9 Å². The molecule has 0 radical (unpaired) electrons. The van der Waals surface area contributed by atoms with Crippen molar-refractivity contribution in [3.05, 3.63) is 23.7 Å². The molecule has 2 aromatic heterocycles. The number of fused-ring (bicyclic) bond motifs is 1. The molecule has 0 aliphatic carbocycles. The molecule has 0 saturated carbocycles. The van der Waals surface area contributed by atoms with Crippen molar-refractivity contribution < 1.29 is 5.11 Å². The van der Waals surface area contributed by atoms with Crippen LogP contribution in [0.3, 0.4) is 0 Å². The van der Waals surface area contributed by atoms with Crippen LogP contribution in [0.25, 0.3) is 10.1 Å². The van der Waals surface area contributed by atoms with Crippen molar-refractivity contribution >= 4 is 27.2 Å². The lowest BCUT2D eigenvalue weighted by Gasteiger charge is -2.20. The number of pyridine rings is 1. The highest BCUT2D eigenvalue weighted by Crippen LogP contribution is 2.26. The molecule has 0 aliphatic rings. The van der Waals surface area contributed by atoms with Gasteiger partial charge >= 0.3 is 0 Å². The number of nitrogens with zero attached hydrogens (tertiary/aromatic N) is 1. The fourth-order valence-electron chi connectivity index (χ4n) is 1.53. The number of hydrogen-bond donors (Lipinski definition) is 2. The van der Waals surface area contributed by atoms with Crippen LogP contribution in [-0.2, 0) is 0 Å². The summed E-state index contributed by atoms with van der Waals surface area (Å²) in [4.78, 5) is 4.35. The summed E-state index contributed by atoms with van der Waals surface area (Å²) < 4.78 is 1.24. The summed E-state index contributed by atoms with van der Waals surface area (Å²) in [6, 6.07) is 4.31. The number of aromatic nitrogens is 1. The third-order valence-corrected chi connectivity index (χ3v) is 3.77. The third-order valence-electron chi connectivity index (χ3n) is 2.89. The number of thiophene rings is 1. The zero-order valence-electron chi connectivity index (χ0n) is 9.47. The molecule has 0 aliphatic heterocycles. The van der Waals surface area contributed by atoms with Crippen LogP contribution in [0.4, 0.5) is 5.82 Å². The number of hydrogen-bond acceptors (Lipinski definition) is 4. The predicted octanol–water partition coefficient (Wildman–Crippen LogP) is 2.73. The maximum Gasteiger partial charge on any atom is 0.134 e. The van der Waals surface area contributed by atoms with Gasteiger partial charge in [0.15, 0.2) is 0 Å². The summed E-state index contributed by atoms with van der Waals surface area (Å²) in [5, 5.41) is 15.7. The first-order chi connectivity index (χ1) is 7.72. The first-order valence-corrected chi connectivity index (χ1v) is 6.30. The molecule has 0 spiro atoms. The average Bonchev–Trinajstić information content (AvgIpc) is 2.77. The van der Waals surface area contributed by atoms with Gasteiger partial charge in [-0.1, -0.05) is 6.92 Å². The van der Waals surface area contributed by atoms with Gasteiger partial charge in [0.05, 0.1) is 0 Å². The molecule has 86 valence electrons. The normalized spacial score (nSPS) is 14.9. The highest BCUT2D eigenvalue weighted by atomic mass is 32.1. The average molecular weight is 236 g/mol. The molecule has 4 heteroatoms. The van der Waals surface area contributed by atoms with Crippen molar-refractivity contribution in [2.24, 2.45) is 5.92 Å². The third kappa shape index (κ3) is 2.18. The van der Waals surface area contributed by atoms with Crippen molar-refractivity contribution in [2.45, 2.75) is 19.9 Å². The summed E-state index contributed by atoms with van der Waals surface area (Å²) in [6.07, 6.45) is 1.82. The standard InChI is InChI=1S/C12H16N2OS/c1-8(7-15)9(2)14-12-10-4-6-16-11(10)3-5-13-12/h3-6,8-9,15H,7H2,1-2H3,(H,13,14). The Kier molecular flexibility index (Phi) is 3.41. The Morgan fingerprint density at radius 3 is 3.00 bits per heavy atom. The van der Waals surface area contributed by atoms with Gasteiger partial charge in [-0.25, -0.2) is 4.98 Å². The van der Waals surface area contributed by atoms with Gasteiger partial charge < -0.3 is 10.4 Å². The van der Waals surface area contributed by atoms with E-state index in [-0.39, 0.29) is 18.6 Å². The topological polar surface area (TPSA) is 45.1 Å². The minimum atomic E-state index is 0.188. The monoisotopic (exact) mass is 236 g/mol. The van der Waals surface area contributed by atoms with Crippen molar-refractivity contribution in [1.82, 2.24) is 4.98 Å². The van der Waals surface area contributed by atoms with E-state index < -0.39 is 0 Å². The van der Waals surface area contributed by atoms with Crippen LogP contribution in [-0.4, -0.2) is 22.7 Å². The van der Waals surface area contributed by atoms with Crippen LogP contribution in [0, 0.1) is 5.92 Å². The summed E-state index contributed by atoms with van der Waals surface area (Å²) in [5.41, 5.74) is 0. The lowest BCUT2D eigenvalue weighted by atomic mass is 10.1. The molecule has 16 heavy (non-hydrogen) atoms. The van der Waals surface area contributed by atoms with E-state index in [9.17, 15) is 0 Å². The number of anilines is 1. The van der Waals surface area contributed by atoms with Gasteiger partial charge in [0.25, 0.3) is 0 Å². The number of aliphatic hydroxyl groups is 1. The van der Waals surface area contributed by atoms with Crippen molar-refractivity contribution in [3.8, 4) is 0 Å². The summed E-state index contributed by atoms with van der Waals surface area (Å²) in [6.45, 7) is 4.27. The van der Waals surface area contributed by atoms with E-state index in [2.05, 4.69) is 28.7 Å². The lowest BCUT2D eigenvalue weighted by Crippen LogP contribution is -2.26. The Bertz CT molecular complexity index is 469. The molecule has 2 aromatic rings. The van der Waals surface area contributed by atoms with Gasteiger partial charge in [0.2, 0.25) is 0 Å². The molecule has 0 amide bonds. The minimum Gasteiger partial charge on any atom is -0.396 e. The zero-order valence-corrected chi connectivity index (χ0v) is 10.3. The number of rotatable bonds is 4. The van der Waals surface area contributed by atoms with Crippen molar-refractivity contribution in [2.75, 3.05) is 11.9 Å². The molecule has 0 fully saturated rings. The molecule has 2 N–H and O–H groups in total. The Morgan fingerprint density at radius 2 is 2.25 bits per heavy atom. The van der Waals surface area contributed by atoms with Crippen LogP contribution in [0.2, 0.25) is 0 Å². The van der Waals surface area contributed by atoms with E-state index in [1.807, 2.05) is 19.2 Å². The molecule has 0 aromatic carbocycles. The van der Waals surface area contributed by atoms with Gasteiger partial charge in [-0.05, 0) is 30.4 Å². The second-order valence-corrected chi connectivity index (χ2v) is 5.03.